The van der Waals surface area contributed by atoms with E-state index in [0.717, 1.165) is 5.56 Å². The Morgan fingerprint density at radius 1 is 1.36 bits per heavy atom. The average molecular weight is 164 g/mol. The largest absolute Gasteiger partial charge is 0.192 e. The van der Waals surface area contributed by atoms with E-state index in [4.69, 9.17) is 16.9 Å². The lowest BCUT2D eigenvalue weighted by atomic mass is 10.1. The Bertz CT molecular complexity index is 305. The molecule has 11 heavy (non-hydrogen) atoms. The predicted molar refractivity (Wildman–Crippen MR) is 46.1 cm³/mol. The highest BCUT2D eigenvalue weighted by molar-refractivity contribution is 6.30. The van der Waals surface area contributed by atoms with Gasteiger partial charge in [0.25, 0.3) is 0 Å². The minimum atomic E-state index is 0.460. The zero-order valence-electron chi connectivity index (χ0n) is 5.84. The summed E-state index contributed by atoms with van der Waals surface area (Å²) in [5.74, 6) is 0. The van der Waals surface area contributed by atoms with Crippen LogP contribution in [0.15, 0.2) is 30.8 Å². The standard InChI is InChI=1S/C9H6ClN/c1-7(6-11)8-2-4-9(10)5-3-8/h2-5H,1H2. The zero-order valence-corrected chi connectivity index (χ0v) is 6.60. The van der Waals surface area contributed by atoms with Gasteiger partial charge in [-0.1, -0.05) is 30.3 Å². The van der Waals surface area contributed by atoms with E-state index < -0.39 is 0 Å². The maximum atomic E-state index is 8.47. The molecule has 0 amide bonds. The van der Waals surface area contributed by atoms with Crippen molar-refractivity contribution in [2.75, 3.05) is 0 Å². The molecule has 0 aromatic heterocycles. The highest BCUT2D eigenvalue weighted by Crippen LogP contribution is 2.14. The van der Waals surface area contributed by atoms with Gasteiger partial charge in [0.05, 0.1) is 11.6 Å². The number of allylic oxidation sites excluding steroid dienone is 1. The van der Waals surface area contributed by atoms with E-state index in [-0.39, 0.29) is 0 Å². The molecule has 2 heteroatoms. The van der Waals surface area contributed by atoms with Gasteiger partial charge in [0, 0.05) is 5.02 Å². The lowest BCUT2D eigenvalue weighted by molar-refractivity contribution is 1.52. The summed E-state index contributed by atoms with van der Waals surface area (Å²) in [6, 6.07) is 8.98. The second-order valence-corrected chi connectivity index (χ2v) is 2.53. The van der Waals surface area contributed by atoms with E-state index in [1.807, 2.05) is 6.07 Å². The molecule has 0 atom stereocenters. The molecule has 0 radical (unpaired) electrons. The van der Waals surface area contributed by atoms with E-state index in [1.54, 1.807) is 24.3 Å². The summed E-state index contributed by atoms with van der Waals surface area (Å²) < 4.78 is 0. The molecule has 0 aliphatic heterocycles. The molecular weight excluding hydrogens is 158 g/mol. The highest BCUT2D eigenvalue weighted by Gasteiger charge is 1.95. The Balaban J connectivity index is 3.01. The number of halogens is 1. The van der Waals surface area contributed by atoms with Crippen LogP contribution in [0.5, 0.6) is 0 Å². The van der Waals surface area contributed by atoms with Gasteiger partial charge in [0.2, 0.25) is 0 Å². The van der Waals surface area contributed by atoms with Gasteiger partial charge in [0.1, 0.15) is 0 Å². The topological polar surface area (TPSA) is 23.8 Å². The van der Waals surface area contributed by atoms with Gasteiger partial charge in [-0.3, -0.25) is 0 Å². The lowest BCUT2D eigenvalue weighted by Gasteiger charge is -1.94. The lowest BCUT2D eigenvalue weighted by Crippen LogP contribution is -1.76. The van der Waals surface area contributed by atoms with Crippen LogP contribution in [0.4, 0.5) is 0 Å². The molecule has 0 fully saturated rings. The molecule has 0 saturated carbocycles. The molecule has 54 valence electrons. The average Bonchev–Trinajstić information content (AvgIpc) is 2.05. The van der Waals surface area contributed by atoms with Gasteiger partial charge in [-0.05, 0) is 17.7 Å². The predicted octanol–water partition coefficient (Wildman–Crippen LogP) is 2.88. The van der Waals surface area contributed by atoms with E-state index >= 15 is 0 Å². The van der Waals surface area contributed by atoms with E-state index in [2.05, 4.69) is 6.58 Å². The normalized spacial score (nSPS) is 8.73. The van der Waals surface area contributed by atoms with Crippen LogP contribution in [-0.2, 0) is 0 Å². The van der Waals surface area contributed by atoms with Crippen molar-refractivity contribution in [2.45, 2.75) is 0 Å². The first kappa shape index (κ1) is 7.84. The Morgan fingerprint density at radius 2 is 1.91 bits per heavy atom. The molecule has 0 saturated heterocycles. The van der Waals surface area contributed by atoms with Gasteiger partial charge < -0.3 is 0 Å². The van der Waals surface area contributed by atoms with Crippen molar-refractivity contribution < 1.29 is 0 Å². The number of nitriles is 1. The fourth-order valence-corrected chi connectivity index (χ4v) is 0.842. The van der Waals surface area contributed by atoms with Crippen molar-refractivity contribution in [1.82, 2.24) is 0 Å². The number of hydrogen-bond donors (Lipinski definition) is 0. The summed E-state index contributed by atoms with van der Waals surface area (Å²) in [4.78, 5) is 0. The summed E-state index contributed by atoms with van der Waals surface area (Å²) in [6.07, 6.45) is 0. The quantitative estimate of drug-likeness (QED) is 0.584. The summed E-state index contributed by atoms with van der Waals surface area (Å²) >= 11 is 5.65. The van der Waals surface area contributed by atoms with Crippen LogP contribution in [0.3, 0.4) is 0 Å². The molecule has 0 N–H and O–H groups in total. The second-order valence-electron chi connectivity index (χ2n) is 2.10. The number of rotatable bonds is 1. The van der Waals surface area contributed by atoms with Gasteiger partial charge in [-0.2, -0.15) is 5.26 Å². The molecule has 0 unspecified atom stereocenters. The third-order valence-corrected chi connectivity index (χ3v) is 1.58. The first-order valence-electron chi connectivity index (χ1n) is 3.09. The highest BCUT2D eigenvalue weighted by atomic mass is 35.5. The fraction of sp³-hybridized carbons (Fsp3) is 0. The Labute approximate surface area is 70.5 Å². The van der Waals surface area contributed by atoms with E-state index in [0.29, 0.717) is 10.6 Å². The molecule has 1 rings (SSSR count). The molecule has 1 aromatic carbocycles. The Hall–Kier alpha value is -1.26. The summed E-state index contributed by atoms with van der Waals surface area (Å²) in [6.45, 7) is 3.57. The van der Waals surface area contributed by atoms with Crippen LogP contribution >= 0.6 is 11.6 Å². The third kappa shape index (κ3) is 1.83. The number of hydrogen-bond acceptors (Lipinski definition) is 1. The number of nitrogens with zero attached hydrogens (tertiary/aromatic N) is 1. The molecule has 1 aromatic rings. The Morgan fingerprint density at radius 3 is 2.36 bits per heavy atom. The van der Waals surface area contributed by atoms with Crippen molar-refractivity contribution in [1.29, 1.82) is 5.26 Å². The van der Waals surface area contributed by atoms with Crippen LogP contribution in [0, 0.1) is 11.3 Å². The van der Waals surface area contributed by atoms with Gasteiger partial charge in [0.15, 0.2) is 0 Å². The van der Waals surface area contributed by atoms with Crippen LogP contribution in [0.25, 0.3) is 5.57 Å². The number of benzene rings is 1. The van der Waals surface area contributed by atoms with Crippen LogP contribution in [0.2, 0.25) is 5.02 Å². The van der Waals surface area contributed by atoms with Gasteiger partial charge in [-0.25, -0.2) is 0 Å². The Kier molecular flexibility index (Phi) is 2.30. The molecule has 0 aliphatic carbocycles. The minimum absolute atomic E-state index is 0.460. The smallest absolute Gasteiger partial charge is 0.0991 e. The molecule has 0 spiro atoms. The molecule has 0 bridgehead atoms. The first-order chi connectivity index (χ1) is 5.24. The maximum absolute atomic E-state index is 8.47. The minimum Gasteiger partial charge on any atom is -0.192 e. The van der Waals surface area contributed by atoms with E-state index in [1.165, 1.54) is 0 Å². The monoisotopic (exact) mass is 163 g/mol. The fourth-order valence-electron chi connectivity index (χ4n) is 0.716. The summed E-state index contributed by atoms with van der Waals surface area (Å²) in [5, 5.41) is 9.14. The van der Waals surface area contributed by atoms with Crippen molar-refractivity contribution in [2.24, 2.45) is 0 Å². The van der Waals surface area contributed by atoms with Crippen LogP contribution in [-0.4, -0.2) is 0 Å². The molecular formula is C9H6ClN. The van der Waals surface area contributed by atoms with Gasteiger partial charge in [-0.15, -0.1) is 0 Å². The van der Waals surface area contributed by atoms with Gasteiger partial charge >= 0.3 is 0 Å². The summed E-state index contributed by atoms with van der Waals surface area (Å²) in [7, 11) is 0. The van der Waals surface area contributed by atoms with Crippen molar-refractivity contribution >= 4 is 17.2 Å². The maximum Gasteiger partial charge on any atom is 0.0991 e. The van der Waals surface area contributed by atoms with Crippen molar-refractivity contribution in [3.63, 3.8) is 0 Å². The van der Waals surface area contributed by atoms with E-state index in [9.17, 15) is 0 Å². The summed E-state index contributed by atoms with van der Waals surface area (Å²) in [5.41, 5.74) is 1.28. The molecule has 0 heterocycles. The molecule has 0 aliphatic rings. The van der Waals surface area contributed by atoms with Crippen LogP contribution < -0.4 is 0 Å². The SMILES string of the molecule is C=C(C#N)c1ccc(Cl)cc1. The first-order valence-corrected chi connectivity index (χ1v) is 3.47. The van der Waals surface area contributed by atoms with Crippen LogP contribution in [0.1, 0.15) is 5.56 Å². The second kappa shape index (κ2) is 3.23. The van der Waals surface area contributed by atoms with Crippen molar-refractivity contribution in [3.05, 3.63) is 41.4 Å². The zero-order chi connectivity index (χ0) is 8.27. The third-order valence-electron chi connectivity index (χ3n) is 1.33. The molecule has 1 nitrogen and oxygen atoms in total. The van der Waals surface area contributed by atoms with Crippen molar-refractivity contribution in [3.8, 4) is 6.07 Å².